The Morgan fingerprint density at radius 1 is 1.33 bits per heavy atom. The Morgan fingerprint density at radius 2 is 1.94 bits per heavy atom. The molecular formula is C15H25FN2. The molecule has 1 aromatic rings. The normalized spacial score (nSPS) is 14.0. The van der Waals surface area contributed by atoms with Crippen LogP contribution in [-0.4, -0.2) is 31.1 Å². The highest BCUT2D eigenvalue weighted by Crippen LogP contribution is 2.31. The van der Waals surface area contributed by atoms with Crippen LogP contribution in [-0.2, 0) is 0 Å². The minimum atomic E-state index is -0.172. The van der Waals surface area contributed by atoms with Crippen LogP contribution in [0.4, 0.5) is 4.39 Å². The second kappa shape index (κ2) is 5.81. The molecule has 0 heterocycles. The molecule has 1 N–H and O–H groups in total. The quantitative estimate of drug-likeness (QED) is 0.866. The van der Waals surface area contributed by atoms with Crippen LogP contribution < -0.4 is 5.32 Å². The number of nitrogens with one attached hydrogen (secondary N) is 1. The Morgan fingerprint density at radius 3 is 2.39 bits per heavy atom. The smallest absolute Gasteiger partial charge is 0.123 e. The van der Waals surface area contributed by atoms with E-state index in [0.29, 0.717) is 0 Å². The average molecular weight is 252 g/mol. The molecule has 0 amide bonds. The van der Waals surface area contributed by atoms with Gasteiger partial charge >= 0.3 is 0 Å². The molecule has 1 unspecified atom stereocenters. The second-order valence-electron chi connectivity index (χ2n) is 5.54. The van der Waals surface area contributed by atoms with Crippen LogP contribution in [0.2, 0.25) is 0 Å². The van der Waals surface area contributed by atoms with Crippen molar-refractivity contribution in [3.63, 3.8) is 0 Å². The monoisotopic (exact) mass is 252 g/mol. The molecule has 0 aliphatic heterocycles. The molecule has 1 aromatic carbocycles. The molecule has 0 bridgehead atoms. The van der Waals surface area contributed by atoms with E-state index >= 15 is 0 Å². The average Bonchev–Trinajstić information content (AvgIpc) is 2.26. The first-order valence-corrected chi connectivity index (χ1v) is 6.47. The van der Waals surface area contributed by atoms with Crippen molar-refractivity contribution in [3.8, 4) is 0 Å². The fourth-order valence-electron chi connectivity index (χ4n) is 2.17. The van der Waals surface area contributed by atoms with Crippen LogP contribution in [0.1, 0.15) is 37.9 Å². The van der Waals surface area contributed by atoms with Gasteiger partial charge in [0.2, 0.25) is 0 Å². The largest absolute Gasteiger partial charge is 0.309 e. The lowest BCUT2D eigenvalue weighted by atomic mass is 9.85. The minimum Gasteiger partial charge on any atom is -0.309 e. The van der Waals surface area contributed by atoms with Crippen molar-refractivity contribution in [2.75, 3.05) is 20.6 Å². The van der Waals surface area contributed by atoms with Crippen molar-refractivity contribution >= 4 is 0 Å². The molecule has 0 spiro atoms. The number of benzene rings is 1. The zero-order valence-corrected chi connectivity index (χ0v) is 12.3. The summed E-state index contributed by atoms with van der Waals surface area (Å²) in [5.74, 6) is -0.172. The van der Waals surface area contributed by atoms with Crippen LogP contribution in [0, 0.1) is 12.7 Å². The number of nitrogens with zero attached hydrogens (tertiary/aromatic N) is 1. The third kappa shape index (κ3) is 3.09. The molecule has 2 nitrogen and oxygen atoms in total. The Kier molecular flexibility index (Phi) is 4.88. The topological polar surface area (TPSA) is 15.3 Å². The van der Waals surface area contributed by atoms with Gasteiger partial charge in [0.15, 0.2) is 0 Å². The van der Waals surface area contributed by atoms with Gasteiger partial charge < -0.3 is 10.2 Å². The number of rotatable bonds is 5. The lowest BCUT2D eigenvalue weighted by molar-refractivity contribution is 0.138. The van der Waals surface area contributed by atoms with E-state index < -0.39 is 0 Å². The maximum absolute atomic E-state index is 13.2. The number of aryl methyl sites for hydroxylation is 1. The zero-order chi connectivity index (χ0) is 13.9. The summed E-state index contributed by atoms with van der Waals surface area (Å²) in [6.45, 7) is 9.34. The highest BCUT2D eigenvalue weighted by Gasteiger charge is 2.33. The molecule has 0 saturated heterocycles. The van der Waals surface area contributed by atoms with E-state index in [4.69, 9.17) is 0 Å². The first-order chi connectivity index (χ1) is 8.30. The SMILES string of the molecule is CCNC(c1ccc(F)cc1C)C(C)(C)N(C)C. The first kappa shape index (κ1) is 15.1. The molecule has 0 aromatic heterocycles. The van der Waals surface area contributed by atoms with Gasteiger partial charge in [0, 0.05) is 5.54 Å². The third-order valence-electron chi connectivity index (χ3n) is 3.81. The van der Waals surface area contributed by atoms with Gasteiger partial charge in [-0.15, -0.1) is 0 Å². The first-order valence-electron chi connectivity index (χ1n) is 6.47. The summed E-state index contributed by atoms with van der Waals surface area (Å²) in [4.78, 5) is 2.20. The van der Waals surface area contributed by atoms with Crippen molar-refractivity contribution in [2.24, 2.45) is 0 Å². The molecule has 0 aliphatic rings. The molecule has 1 rings (SSSR count). The van der Waals surface area contributed by atoms with Gasteiger partial charge in [-0.3, -0.25) is 0 Å². The molecule has 18 heavy (non-hydrogen) atoms. The summed E-state index contributed by atoms with van der Waals surface area (Å²) < 4.78 is 13.2. The van der Waals surface area contributed by atoms with E-state index in [2.05, 4.69) is 45.1 Å². The van der Waals surface area contributed by atoms with E-state index in [1.807, 2.05) is 13.0 Å². The summed E-state index contributed by atoms with van der Waals surface area (Å²) in [6, 6.07) is 5.21. The second-order valence-corrected chi connectivity index (χ2v) is 5.54. The van der Waals surface area contributed by atoms with E-state index in [-0.39, 0.29) is 17.4 Å². The maximum Gasteiger partial charge on any atom is 0.123 e. The van der Waals surface area contributed by atoms with Crippen LogP contribution >= 0.6 is 0 Å². The van der Waals surface area contributed by atoms with Crippen molar-refractivity contribution in [1.82, 2.24) is 10.2 Å². The van der Waals surface area contributed by atoms with Gasteiger partial charge in [-0.05, 0) is 64.7 Å². The summed E-state index contributed by atoms with van der Waals surface area (Å²) in [7, 11) is 4.15. The third-order valence-corrected chi connectivity index (χ3v) is 3.81. The highest BCUT2D eigenvalue weighted by molar-refractivity contribution is 5.31. The molecule has 0 aliphatic carbocycles. The van der Waals surface area contributed by atoms with E-state index in [9.17, 15) is 4.39 Å². The lowest BCUT2D eigenvalue weighted by Gasteiger charge is -2.41. The molecule has 0 radical (unpaired) electrons. The summed E-state index contributed by atoms with van der Waals surface area (Å²) in [6.07, 6.45) is 0. The standard InChI is InChI=1S/C15H25FN2/c1-7-17-14(15(3,4)18(5)6)13-9-8-12(16)10-11(13)2/h8-10,14,17H,7H2,1-6H3. The van der Waals surface area contributed by atoms with Gasteiger partial charge in [0.05, 0.1) is 6.04 Å². The van der Waals surface area contributed by atoms with Gasteiger partial charge in [-0.2, -0.15) is 0 Å². The Balaban J connectivity index is 3.19. The number of hydrogen-bond acceptors (Lipinski definition) is 2. The summed E-state index contributed by atoms with van der Waals surface area (Å²) in [5, 5.41) is 3.52. The van der Waals surface area contributed by atoms with Gasteiger partial charge in [-0.25, -0.2) is 4.39 Å². The van der Waals surface area contributed by atoms with E-state index in [1.54, 1.807) is 12.1 Å². The van der Waals surface area contributed by atoms with Gasteiger partial charge in [-0.1, -0.05) is 13.0 Å². The van der Waals surface area contributed by atoms with Crippen molar-refractivity contribution in [2.45, 2.75) is 39.3 Å². The van der Waals surface area contributed by atoms with Crippen LogP contribution in [0.5, 0.6) is 0 Å². The van der Waals surface area contributed by atoms with Crippen LogP contribution in [0.3, 0.4) is 0 Å². The number of hydrogen-bond donors (Lipinski definition) is 1. The molecule has 3 heteroatoms. The van der Waals surface area contributed by atoms with E-state index in [1.165, 1.54) is 0 Å². The lowest BCUT2D eigenvalue weighted by Crippen LogP contribution is -2.49. The summed E-state index contributed by atoms with van der Waals surface area (Å²) >= 11 is 0. The predicted molar refractivity (Wildman–Crippen MR) is 75.3 cm³/mol. The van der Waals surface area contributed by atoms with E-state index in [0.717, 1.165) is 17.7 Å². The Bertz CT molecular complexity index is 399. The summed E-state index contributed by atoms with van der Waals surface area (Å²) in [5.41, 5.74) is 2.12. The number of halogens is 1. The van der Waals surface area contributed by atoms with Crippen LogP contribution in [0.25, 0.3) is 0 Å². The zero-order valence-electron chi connectivity index (χ0n) is 12.3. The van der Waals surface area contributed by atoms with Gasteiger partial charge in [0.1, 0.15) is 5.82 Å². The predicted octanol–water partition coefficient (Wildman–Crippen LogP) is 3.12. The van der Waals surface area contributed by atoms with Crippen molar-refractivity contribution in [3.05, 3.63) is 35.1 Å². The molecule has 0 fully saturated rings. The molecule has 0 saturated carbocycles. The van der Waals surface area contributed by atoms with Gasteiger partial charge in [0.25, 0.3) is 0 Å². The van der Waals surface area contributed by atoms with Crippen molar-refractivity contribution < 1.29 is 4.39 Å². The Labute approximate surface area is 110 Å². The molecule has 102 valence electrons. The fourth-order valence-corrected chi connectivity index (χ4v) is 2.17. The van der Waals surface area contributed by atoms with Crippen LogP contribution in [0.15, 0.2) is 18.2 Å². The van der Waals surface area contributed by atoms with Crippen molar-refractivity contribution in [1.29, 1.82) is 0 Å². The fraction of sp³-hybridized carbons (Fsp3) is 0.600. The minimum absolute atomic E-state index is 0.0431. The number of likely N-dealkylation sites (N-methyl/N-ethyl adjacent to an activating group) is 2. The Hall–Kier alpha value is -0.930. The molecule has 1 atom stereocenters. The highest BCUT2D eigenvalue weighted by atomic mass is 19.1. The maximum atomic E-state index is 13.2. The molecular weight excluding hydrogens is 227 g/mol.